The standard InChI is InChI=1S/C24H28F3N4O2/c1-2-3-13-31(16-21-22(29-17-28-21)33-24(25,26)27)14-11-30(12-15-31)23(32)20-10-6-8-18-7-4-5-9-19(18)20/h4-10,17H,2-3,11-16H2,1H3,(H,28,29)/q+1. The van der Waals surface area contributed by atoms with E-state index in [1.165, 1.54) is 6.33 Å². The maximum Gasteiger partial charge on any atom is 0.574 e. The number of nitrogens with zero attached hydrogens (tertiary/aromatic N) is 3. The molecular weight excluding hydrogens is 433 g/mol. The minimum Gasteiger partial charge on any atom is -0.386 e. The van der Waals surface area contributed by atoms with Crippen LogP contribution in [-0.4, -0.2) is 64.3 Å². The van der Waals surface area contributed by atoms with Crippen molar-refractivity contribution in [2.45, 2.75) is 32.7 Å². The number of H-pyrrole nitrogens is 1. The van der Waals surface area contributed by atoms with Crippen molar-refractivity contribution in [2.75, 3.05) is 32.7 Å². The molecule has 1 N–H and O–H groups in total. The van der Waals surface area contributed by atoms with Gasteiger partial charge in [0.15, 0.2) is 0 Å². The molecule has 6 nitrogen and oxygen atoms in total. The van der Waals surface area contributed by atoms with Gasteiger partial charge in [-0.3, -0.25) is 4.79 Å². The van der Waals surface area contributed by atoms with Gasteiger partial charge in [-0.05, 0) is 23.3 Å². The summed E-state index contributed by atoms with van der Waals surface area (Å²) < 4.78 is 43.0. The molecule has 1 aliphatic rings. The summed E-state index contributed by atoms with van der Waals surface area (Å²) in [7, 11) is 0. The van der Waals surface area contributed by atoms with Gasteiger partial charge in [-0.25, -0.2) is 4.98 Å². The fourth-order valence-corrected chi connectivity index (χ4v) is 4.58. The molecule has 1 saturated heterocycles. The summed E-state index contributed by atoms with van der Waals surface area (Å²) in [5.41, 5.74) is 1.01. The lowest BCUT2D eigenvalue weighted by Gasteiger charge is -2.45. The number of ether oxygens (including phenoxy) is 1. The average molecular weight is 462 g/mol. The number of piperazine rings is 1. The van der Waals surface area contributed by atoms with E-state index in [-0.39, 0.29) is 5.91 Å². The number of amides is 1. The van der Waals surface area contributed by atoms with E-state index in [0.717, 1.165) is 30.2 Å². The smallest absolute Gasteiger partial charge is 0.386 e. The molecule has 1 aliphatic heterocycles. The molecule has 0 radical (unpaired) electrons. The number of rotatable bonds is 7. The molecular formula is C24H28F3N4O2+. The minimum absolute atomic E-state index is 0.0114. The number of halogens is 3. The predicted molar refractivity (Wildman–Crippen MR) is 119 cm³/mol. The first kappa shape index (κ1) is 23.1. The molecule has 3 aromatic rings. The summed E-state index contributed by atoms with van der Waals surface area (Å²) in [6.07, 6.45) is -1.64. The monoisotopic (exact) mass is 461 g/mol. The van der Waals surface area contributed by atoms with Crippen molar-refractivity contribution >= 4 is 16.7 Å². The van der Waals surface area contributed by atoms with E-state index in [2.05, 4.69) is 21.6 Å². The number of hydrogen-bond donors (Lipinski definition) is 1. The van der Waals surface area contributed by atoms with E-state index in [1.807, 2.05) is 47.4 Å². The first-order chi connectivity index (χ1) is 15.8. The molecule has 0 unspecified atom stereocenters. The maximum atomic E-state index is 13.3. The number of hydrogen-bond acceptors (Lipinski definition) is 3. The zero-order valence-corrected chi connectivity index (χ0v) is 18.6. The van der Waals surface area contributed by atoms with Gasteiger partial charge in [-0.15, -0.1) is 13.2 Å². The Bertz CT molecular complexity index is 1100. The molecule has 33 heavy (non-hydrogen) atoms. The van der Waals surface area contributed by atoms with Gasteiger partial charge >= 0.3 is 6.36 Å². The van der Waals surface area contributed by atoms with Crippen molar-refractivity contribution in [1.82, 2.24) is 14.9 Å². The Labute approximate surface area is 190 Å². The van der Waals surface area contributed by atoms with Gasteiger partial charge in [0, 0.05) is 5.56 Å². The van der Waals surface area contributed by atoms with Crippen LogP contribution in [0.1, 0.15) is 35.8 Å². The fourth-order valence-electron chi connectivity index (χ4n) is 4.58. The van der Waals surface area contributed by atoms with Gasteiger partial charge < -0.3 is 19.1 Å². The van der Waals surface area contributed by atoms with Gasteiger partial charge in [0.25, 0.3) is 5.91 Å². The molecule has 176 valence electrons. The largest absolute Gasteiger partial charge is 0.574 e. The van der Waals surface area contributed by atoms with Gasteiger partial charge in [0.05, 0.1) is 39.1 Å². The molecule has 9 heteroatoms. The number of benzene rings is 2. The second-order valence-corrected chi connectivity index (χ2v) is 8.58. The highest BCUT2D eigenvalue weighted by molar-refractivity contribution is 6.07. The molecule has 4 rings (SSSR count). The van der Waals surface area contributed by atoms with Crippen LogP contribution >= 0.6 is 0 Å². The summed E-state index contributed by atoms with van der Waals surface area (Å²) >= 11 is 0. The highest BCUT2D eigenvalue weighted by Crippen LogP contribution is 2.28. The molecule has 0 bridgehead atoms. The van der Waals surface area contributed by atoms with E-state index in [0.29, 0.717) is 48.5 Å². The first-order valence-corrected chi connectivity index (χ1v) is 11.2. The van der Waals surface area contributed by atoms with E-state index >= 15 is 0 Å². The van der Waals surface area contributed by atoms with Crippen LogP contribution in [-0.2, 0) is 6.54 Å². The lowest BCUT2D eigenvalue weighted by atomic mass is 10.0. The number of quaternary nitrogens is 1. The Morgan fingerprint density at radius 1 is 1.15 bits per heavy atom. The van der Waals surface area contributed by atoms with Crippen LogP contribution in [0.2, 0.25) is 0 Å². The molecule has 2 aromatic carbocycles. The van der Waals surface area contributed by atoms with Crippen molar-refractivity contribution < 1.29 is 27.2 Å². The van der Waals surface area contributed by atoms with Crippen molar-refractivity contribution in [3.05, 3.63) is 60.0 Å². The van der Waals surface area contributed by atoms with Crippen LogP contribution in [0, 0.1) is 0 Å². The third-order valence-electron chi connectivity index (χ3n) is 6.37. The summed E-state index contributed by atoms with van der Waals surface area (Å²) in [5.74, 6) is -0.437. The molecule has 0 aliphatic carbocycles. The molecule has 1 aromatic heterocycles. The van der Waals surface area contributed by atoms with E-state index in [9.17, 15) is 18.0 Å². The van der Waals surface area contributed by atoms with Gasteiger partial charge in [-0.1, -0.05) is 49.7 Å². The highest BCUT2D eigenvalue weighted by Gasteiger charge is 2.38. The zero-order valence-electron chi connectivity index (χ0n) is 18.6. The molecule has 2 heterocycles. The van der Waals surface area contributed by atoms with Crippen LogP contribution in [0.15, 0.2) is 48.8 Å². The molecule has 0 atom stereocenters. The van der Waals surface area contributed by atoms with Crippen molar-refractivity contribution in [3.63, 3.8) is 0 Å². The third-order valence-corrected chi connectivity index (χ3v) is 6.37. The van der Waals surface area contributed by atoms with Gasteiger partial charge in [-0.2, -0.15) is 0 Å². The number of carbonyl (C=O) groups is 1. The maximum absolute atomic E-state index is 13.3. The SMILES string of the molecule is CCCC[N+]1(Cc2[nH]cnc2OC(F)(F)F)CCN(C(=O)c2cccc3ccccc23)CC1. The second-order valence-electron chi connectivity index (χ2n) is 8.58. The summed E-state index contributed by atoms with van der Waals surface area (Å²) in [6, 6.07) is 13.5. The first-order valence-electron chi connectivity index (χ1n) is 11.2. The molecule has 0 spiro atoms. The van der Waals surface area contributed by atoms with Gasteiger partial charge in [0.1, 0.15) is 12.2 Å². The average Bonchev–Trinajstić information content (AvgIpc) is 3.22. The number of aromatic amines is 1. The number of carbonyl (C=O) groups excluding carboxylic acids is 1. The van der Waals surface area contributed by atoms with E-state index in [4.69, 9.17) is 0 Å². The number of alkyl halides is 3. The summed E-state index contributed by atoms with van der Waals surface area (Å²) in [4.78, 5) is 21.7. The van der Waals surface area contributed by atoms with Crippen LogP contribution in [0.5, 0.6) is 5.88 Å². The Kier molecular flexibility index (Phi) is 6.60. The Morgan fingerprint density at radius 2 is 1.88 bits per heavy atom. The van der Waals surface area contributed by atoms with Crippen LogP contribution in [0.3, 0.4) is 0 Å². The lowest BCUT2D eigenvalue weighted by molar-refractivity contribution is -0.944. The van der Waals surface area contributed by atoms with Crippen LogP contribution in [0.4, 0.5) is 13.2 Å². The van der Waals surface area contributed by atoms with Gasteiger partial charge in [0.2, 0.25) is 5.88 Å². The highest BCUT2D eigenvalue weighted by atomic mass is 19.4. The van der Waals surface area contributed by atoms with Crippen LogP contribution < -0.4 is 4.74 Å². The Balaban J connectivity index is 1.51. The Hall–Kier alpha value is -3.07. The normalized spacial score (nSPS) is 16.2. The number of nitrogens with one attached hydrogen (secondary N) is 1. The third kappa shape index (κ3) is 5.30. The zero-order chi connectivity index (χ0) is 23.5. The number of imidazole rings is 1. The van der Waals surface area contributed by atoms with Crippen molar-refractivity contribution in [3.8, 4) is 5.88 Å². The number of unbranched alkanes of at least 4 members (excludes halogenated alkanes) is 1. The topological polar surface area (TPSA) is 58.2 Å². The Morgan fingerprint density at radius 3 is 2.61 bits per heavy atom. The van der Waals surface area contributed by atoms with Crippen LogP contribution in [0.25, 0.3) is 10.8 Å². The summed E-state index contributed by atoms with van der Waals surface area (Å²) in [5, 5.41) is 1.94. The molecule has 1 amide bonds. The van der Waals surface area contributed by atoms with Crippen molar-refractivity contribution in [1.29, 1.82) is 0 Å². The lowest BCUT2D eigenvalue weighted by Crippen LogP contribution is -2.60. The van der Waals surface area contributed by atoms with E-state index < -0.39 is 12.2 Å². The summed E-state index contributed by atoms with van der Waals surface area (Å²) in [6.45, 7) is 5.64. The number of fused-ring (bicyclic) bond motifs is 1. The number of aromatic nitrogens is 2. The quantitative estimate of drug-likeness (QED) is 0.518. The van der Waals surface area contributed by atoms with Crippen molar-refractivity contribution in [2.24, 2.45) is 0 Å². The second kappa shape index (κ2) is 9.43. The molecule has 1 fully saturated rings. The minimum atomic E-state index is -4.79. The molecule has 0 saturated carbocycles. The van der Waals surface area contributed by atoms with E-state index in [1.54, 1.807) is 0 Å². The fraction of sp³-hybridized carbons (Fsp3) is 0.417. The predicted octanol–water partition coefficient (Wildman–Crippen LogP) is 4.73.